The molecular formula is C21H23ClN6O2. The standard InChI is InChI=1S/C21H23ClN6O2/c1-13(2)23-21(30)27-10-9-14(11-27)19-26-25-18-8-3-15(12-28(18)19)20(29)24-17-6-4-16(22)5-7-17/h3-8,12-14H,9-11H2,1-2H3,(H,23,30)(H,24,29). The number of rotatable bonds is 4. The average Bonchev–Trinajstić information content (AvgIpc) is 3.35. The van der Waals surface area contributed by atoms with E-state index < -0.39 is 0 Å². The number of amides is 3. The Morgan fingerprint density at radius 1 is 1.13 bits per heavy atom. The molecule has 0 aliphatic carbocycles. The molecule has 9 heteroatoms. The molecule has 3 heterocycles. The predicted octanol–water partition coefficient (Wildman–Crippen LogP) is 3.54. The number of nitrogens with zero attached hydrogens (tertiary/aromatic N) is 4. The van der Waals surface area contributed by atoms with Crippen LogP contribution in [0.1, 0.15) is 42.4 Å². The fourth-order valence-electron chi connectivity index (χ4n) is 3.55. The minimum Gasteiger partial charge on any atom is -0.336 e. The molecule has 1 saturated heterocycles. The largest absolute Gasteiger partial charge is 0.336 e. The van der Waals surface area contributed by atoms with Crippen LogP contribution in [0.3, 0.4) is 0 Å². The number of carbonyl (C=O) groups excluding carboxylic acids is 2. The molecule has 1 aliphatic rings. The SMILES string of the molecule is CC(C)NC(=O)N1CCC(c2nnc3ccc(C(=O)Nc4ccc(Cl)cc4)cn23)C1. The Morgan fingerprint density at radius 2 is 1.90 bits per heavy atom. The van der Waals surface area contributed by atoms with E-state index in [1.807, 2.05) is 18.2 Å². The number of nitrogens with one attached hydrogen (secondary N) is 2. The van der Waals surface area contributed by atoms with E-state index in [-0.39, 0.29) is 23.9 Å². The quantitative estimate of drug-likeness (QED) is 0.667. The van der Waals surface area contributed by atoms with Crippen molar-refractivity contribution in [2.75, 3.05) is 18.4 Å². The summed E-state index contributed by atoms with van der Waals surface area (Å²) in [5, 5.41) is 14.9. The van der Waals surface area contributed by atoms with Gasteiger partial charge in [-0.05, 0) is 56.7 Å². The second kappa shape index (κ2) is 8.31. The van der Waals surface area contributed by atoms with Gasteiger partial charge in [0.05, 0.1) is 5.56 Å². The maximum atomic E-state index is 12.7. The third kappa shape index (κ3) is 4.23. The third-order valence-electron chi connectivity index (χ3n) is 5.05. The van der Waals surface area contributed by atoms with Crippen LogP contribution in [-0.2, 0) is 0 Å². The number of urea groups is 1. The van der Waals surface area contributed by atoms with Crippen LogP contribution in [0, 0.1) is 0 Å². The molecular weight excluding hydrogens is 404 g/mol. The molecule has 1 aliphatic heterocycles. The summed E-state index contributed by atoms with van der Waals surface area (Å²) in [5.41, 5.74) is 1.82. The van der Waals surface area contributed by atoms with Gasteiger partial charge in [-0.3, -0.25) is 9.20 Å². The highest BCUT2D eigenvalue weighted by Gasteiger charge is 2.30. The molecule has 1 atom stereocenters. The molecule has 3 amide bonds. The number of hydrogen-bond donors (Lipinski definition) is 2. The lowest BCUT2D eigenvalue weighted by Crippen LogP contribution is -2.41. The molecule has 3 aromatic rings. The summed E-state index contributed by atoms with van der Waals surface area (Å²) in [6, 6.07) is 10.5. The Kier molecular flexibility index (Phi) is 5.59. The summed E-state index contributed by atoms with van der Waals surface area (Å²) in [4.78, 5) is 26.8. The van der Waals surface area contributed by atoms with Gasteiger partial charge in [0.25, 0.3) is 5.91 Å². The zero-order chi connectivity index (χ0) is 21.3. The van der Waals surface area contributed by atoms with Crippen molar-refractivity contribution >= 4 is 34.9 Å². The van der Waals surface area contributed by atoms with Gasteiger partial charge in [0.2, 0.25) is 0 Å². The van der Waals surface area contributed by atoms with Crippen molar-refractivity contribution in [1.82, 2.24) is 24.8 Å². The number of hydrogen-bond acceptors (Lipinski definition) is 4. The van der Waals surface area contributed by atoms with Crippen LogP contribution >= 0.6 is 11.6 Å². The van der Waals surface area contributed by atoms with E-state index in [2.05, 4.69) is 20.8 Å². The molecule has 0 saturated carbocycles. The Morgan fingerprint density at radius 3 is 2.63 bits per heavy atom. The smallest absolute Gasteiger partial charge is 0.317 e. The van der Waals surface area contributed by atoms with E-state index in [0.29, 0.717) is 35.0 Å². The van der Waals surface area contributed by atoms with Crippen molar-refractivity contribution in [2.45, 2.75) is 32.2 Å². The highest BCUT2D eigenvalue weighted by Crippen LogP contribution is 2.26. The molecule has 0 bridgehead atoms. The van der Waals surface area contributed by atoms with Gasteiger partial charge < -0.3 is 15.5 Å². The number of likely N-dealkylation sites (tertiary alicyclic amines) is 1. The number of pyridine rings is 1. The number of halogens is 1. The van der Waals surface area contributed by atoms with Gasteiger partial charge in [-0.2, -0.15) is 0 Å². The summed E-state index contributed by atoms with van der Waals surface area (Å²) in [5.74, 6) is 0.585. The van der Waals surface area contributed by atoms with Crippen LogP contribution in [0.4, 0.5) is 10.5 Å². The highest BCUT2D eigenvalue weighted by molar-refractivity contribution is 6.30. The van der Waals surface area contributed by atoms with Gasteiger partial charge in [0, 0.05) is 42.0 Å². The van der Waals surface area contributed by atoms with Crippen LogP contribution in [0.5, 0.6) is 0 Å². The first-order chi connectivity index (χ1) is 14.4. The second-order valence-electron chi connectivity index (χ2n) is 7.70. The topological polar surface area (TPSA) is 91.6 Å². The first-order valence-electron chi connectivity index (χ1n) is 9.88. The maximum Gasteiger partial charge on any atom is 0.317 e. The van der Waals surface area contributed by atoms with E-state index in [4.69, 9.17) is 11.6 Å². The first kappa shape index (κ1) is 20.2. The number of benzene rings is 1. The van der Waals surface area contributed by atoms with Crippen LogP contribution in [0.2, 0.25) is 5.02 Å². The molecule has 1 fully saturated rings. The minimum absolute atomic E-state index is 0.0625. The van der Waals surface area contributed by atoms with E-state index in [9.17, 15) is 9.59 Å². The average molecular weight is 427 g/mol. The maximum absolute atomic E-state index is 12.7. The van der Waals surface area contributed by atoms with Crippen LogP contribution in [0.15, 0.2) is 42.6 Å². The summed E-state index contributed by atoms with van der Waals surface area (Å²) in [6.45, 7) is 5.11. The molecule has 2 N–H and O–H groups in total. The highest BCUT2D eigenvalue weighted by atomic mass is 35.5. The van der Waals surface area contributed by atoms with Gasteiger partial charge in [-0.1, -0.05) is 11.6 Å². The van der Waals surface area contributed by atoms with Crippen molar-refractivity contribution in [2.24, 2.45) is 0 Å². The van der Waals surface area contributed by atoms with Crippen molar-refractivity contribution in [3.8, 4) is 0 Å². The lowest BCUT2D eigenvalue weighted by atomic mass is 10.1. The van der Waals surface area contributed by atoms with Crippen molar-refractivity contribution in [3.63, 3.8) is 0 Å². The monoisotopic (exact) mass is 426 g/mol. The normalized spacial score (nSPS) is 16.3. The van der Waals surface area contributed by atoms with Gasteiger partial charge in [0.1, 0.15) is 5.82 Å². The Balaban J connectivity index is 1.52. The Labute approximate surface area is 179 Å². The van der Waals surface area contributed by atoms with Gasteiger partial charge >= 0.3 is 6.03 Å². The van der Waals surface area contributed by atoms with E-state index in [1.54, 1.807) is 47.5 Å². The summed E-state index contributed by atoms with van der Waals surface area (Å²) in [7, 11) is 0. The van der Waals surface area contributed by atoms with Crippen LogP contribution in [-0.4, -0.2) is 50.6 Å². The molecule has 30 heavy (non-hydrogen) atoms. The zero-order valence-electron chi connectivity index (χ0n) is 16.8. The number of anilines is 1. The fourth-order valence-corrected chi connectivity index (χ4v) is 3.68. The summed E-state index contributed by atoms with van der Waals surface area (Å²) < 4.78 is 1.84. The molecule has 1 unspecified atom stereocenters. The van der Waals surface area contributed by atoms with Crippen LogP contribution in [0.25, 0.3) is 5.65 Å². The molecule has 4 rings (SSSR count). The number of aromatic nitrogens is 3. The zero-order valence-corrected chi connectivity index (χ0v) is 17.6. The lowest BCUT2D eigenvalue weighted by Gasteiger charge is -2.18. The van der Waals surface area contributed by atoms with E-state index in [1.165, 1.54) is 0 Å². The van der Waals surface area contributed by atoms with E-state index >= 15 is 0 Å². The molecule has 156 valence electrons. The first-order valence-corrected chi connectivity index (χ1v) is 10.3. The molecule has 8 nitrogen and oxygen atoms in total. The van der Waals surface area contributed by atoms with Crippen molar-refractivity contribution in [3.05, 3.63) is 59.0 Å². The predicted molar refractivity (Wildman–Crippen MR) is 115 cm³/mol. The van der Waals surface area contributed by atoms with Gasteiger partial charge in [-0.15, -0.1) is 10.2 Å². The summed E-state index contributed by atoms with van der Waals surface area (Å²) in [6.07, 6.45) is 2.54. The Hall–Kier alpha value is -3.13. The van der Waals surface area contributed by atoms with Gasteiger partial charge in [-0.25, -0.2) is 4.79 Å². The number of carbonyl (C=O) groups is 2. The lowest BCUT2D eigenvalue weighted by molar-refractivity contribution is 0.102. The van der Waals surface area contributed by atoms with Crippen molar-refractivity contribution in [1.29, 1.82) is 0 Å². The molecule has 0 radical (unpaired) electrons. The summed E-state index contributed by atoms with van der Waals surface area (Å²) >= 11 is 5.89. The van der Waals surface area contributed by atoms with Gasteiger partial charge in [0.15, 0.2) is 5.65 Å². The minimum atomic E-state index is -0.233. The number of fused-ring (bicyclic) bond motifs is 1. The second-order valence-corrected chi connectivity index (χ2v) is 8.14. The van der Waals surface area contributed by atoms with Crippen LogP contribution < -0.4 is 10.6 Å². The Bertz CT molecular complexity index is 1080. The van der Waals surface area contributed by atoms with Crippen molar-refractivity contribution < 1.29 is 9.59 Å². The molecule has 2 aromatic heterocycles. The molecule has 0 spiro atoms. The molecule has 1 aromatic carbocycles. The fraction of sp³-hybridized carbons (Fsp3) is 0.333. The van der Waals surface area contributed by atoms with E-state index in [0.717, 1.165) is 12.2 Å². The third-order valence-corrected chi connectivity index (χ3v) is 5.30.